The van der Waals surface area contributed by atoms with Gasteiger partial charge in [-0.25, -0.2) is 0 Å². The molecule has 1 aliphatic heterocycles. The fourth-order valence-electron chi connectivity index (χ4n) is 2.18. The summed E-state index contributed by atoms with van der Waals surface area (Å²) in [7, 11) is 1.74. The summed E-state index contributed by atoms with van der Waals surface area (Å²) in [5.41, 5.74) is 0. The van der Waals surface area contributed by atoms with Crippen LogP contribution in [-0.2, 0) is 14.2 Å². The van der Waals surface area contributed by atoms with Crippen molar-refractivity contribution in [1.82, 2.24) is 0 Å². The van der Waals surface area contributed by atoms with Gasteiger partial charge in [-0.2, -0.15) is 0 Å². The van der Waals surface area contributed by atoms with Crippen molar-refractivity contribution in [3.63, 3.8) is 0 Å². The van der Waals surface area contributed by atoms with E-state index < -0.39 is 0 Å². The van der Waals surface area contributed by atoms with Gasteiger partial charge in [0.2, 0.25) is 0 Å². The van der Waals surface area contributed by atoms with Crippen molar-refractivity contribution in [2.24, 2.45) is 0 Å². The highest BCUT2D eigenvalue weighted by molar-refractivity contribution is 4.87. The van der Waals surface area contributed by atoms with Crippen LogP contribution in [0.5, 0.6) is 0 Å². The van der Waals surface area contributed by atoms with Gasteiger partial charge in [-0.05, 0) is 12.8 Å². The Labute approximate surface area is 73.0 Å². The molecule has 12 heavy (non-hydrogen) atoms. The van der Waals surface area contributed by atoms with Crippen LogP contribution in [0.2, 0.25) is 0 Å². The zero-order valence-electron chi connectivity index (χ0n) is 7.54. The van der Waals surface area contributed by atoms with Crippen LogP contribution >= 0.6 is 0 Å². The third kappa shape index (κ3) is 1.26. The van der Waals surface area contributed by atoms with E-state index in [1.165, 1.54) is 12.8 Å². The van der Waals surface area contributed by atoms with Gasteiger partial charge in [0.25, 0.3) is 0 Å². The highest BCUT2D eigenvalue weighted by Gasteiger charge is 2.46. The molecule has 1 atom stereocenters. The molecule has 0 bridgehead atoms. The first-order valence-electron chi connectivity index (χ1n) is 4.68. The monoisotopic (exact) mass is 172 g/mol. The number of hydrogen-bond donors (Lipinski definition) is 0. The molecule has 1 aliphatic carbocycles. The lowest BCUT2D eigenvalue weighted by atomic mass is 9.91. The molecule has 0 aromatic carbocycles. The highest BCUT2D eigenvalue weighted by Crippen LogP contribution is 2.37. The van der Waals surface area contributed by atoms with E-state index in [9.17, 15) is 0 Å². The lowest BCUT2D eigenvalue weighted by Crippen LogP contribution is -2.46. The second-order valence-electron chi connectivity index (χ2n) is 3.48. The fraction of sp³-hybridized carbons (Fsp3) is 1.00. The maximum Gasteiger partial charge on any atom is 0.194 e. The number of rotatable bonds is 1. The summed E-state index contributed by atoms with van der Waals surface area (Å²) in [6.07, 6.45) is 4.63. The van der Waals surface area contributed by atoms with Crippen LogP contribution in [0.3, 0.4) is 0 Å². The molecule has 0 amide bonds. The van der Waals surface area contributed by atoms with Crippen molar-refractivity contribution < 1.29 is 14.2 Å². The van der Waals surface area contributed by atoms with Crippen molar-refractivity contribution in [2.45, 2.75) is 37.6 Å². The van der Waals surface area contributed by atoms with Crippen molar-refractivity contribution in [3.05, 3.63) is 0 Å². The van der Waals surface area contributed by atoms with E-state index in [0.717, 1.165) is 26.1 Å². The predicted molar refractivity (Wildman–Crippen MR) is 43.9 cm³/mol. The van der Waals surface area contributed by atoms with Gasteiger partial charge in [-0.3, -0.25) is 0 Å². The predicted octanol–water partition coefficient (Wildman–Crippen LogP) is 1.32. The molecule has 70 valence electrons. The molecule has 0 N–H and O–H groups in total. The molecule has 0 aromatic rings. The van der Waals surface area contributed by atoms with E-state index in [2.05, 4.69) is 0 Å². The van der Waals surface area contributed by atoms with E-state index >= 15 is 0 Å². The van der Waals surface area contributed by atoms with Crippen LogP contribution in [0.25, 0.3) is 0 Å². The molecule has 3 heteroatoms. The van der Waals surface area contributed by atoms with Gasteiger partial charge < -0.3 is 14.2 Å². The van der Waals surface area contributed by atoms with Crippen LogP contribution < -0.4 is 0 Å². The Balaban J connectivity index is 2.07. The Hall–Kier alpha value is -0.120. The lowest BCUT2D eigenvalue weighted by molar-refractivity contribution is -0.242. The quantitative estimate of drug-likeness (QED) is 0.597. The van der Waals surface area contributed by atoms with Gasteiger partial charge in [0, 0.05) is 13.5 Å². The van der Waals surface area contributed by atoms with Gasteiger partial charge in [0.1, 0.15) is 6.10 Å². The van der Waals surface area contributed by atoms with Gasteiger partial charge in [-0.15, -0.1) is 0 Å². The van der Waals surface area contributed by atoms with Crippen LogP contribution in [0.1, 0.15) is 25.7 Å². The fourth-order valence-corrected chi connectivity index (χ4v) is 2.18. The number of hydrogen-bond acceptors (Lipinski definition) is 3. The molecule has 1 saturated carbocycles. The van der Waals surface area contributed by atoms with Gasteiger partial charge in [-0.1, -0.05) is 6.42 Å². The molecule has 0 radical (unpaired) electrons. The summed E-state index contributed by atoms with van der Waals surface area (Å²) in [5, 5.41) is 0. The molecular weight excluding hydrogens is 156 g/mol. The Morgan fingerprint density at radius 3 is 2.67 bits per heavy atom. The molecule has 1 heterocycles. The van der Waals surface area contributed by atoms with E-state index in [1.807, 2.05) is 0 Å². The first kappa shape index (κ1) is 8.48. The normalized spacial score (nSPS) is 34.2. The molecule has 2 rings (SSSR count). The van der Waals surface area contributed by atoms with Gasteiger partial charge in [0.15, 0.2) is 5.79 Å². The van der Waals surface area contributed by atoms with Gasteiger partial charge in [0.05, 0.1) is 13.2 Å². The molecule has 2 aliphatic rings. The smallest absolute Gasteiger partial charge is 0.194 e. The maximum absolute atomic E-state index is 5.64. The Morgan fingerprint density at radius 1 is 1.25 bits per heavy atom. The summed E-state index contributed by atoms with van der Waals surface area (Å²) in [6, 6.07) is 0. The van der Waals surface area contributed by atoms with Crippen molar-refractivity contribution in [2.75, 3.05) is 20.3 Å². The first-order chi connectivity index (χ1) is 5.87. The third-order valence-electron chi connectivity index (χ3n) is 2.79. The minimum atomic E-state index is -0.382. The summed E-state index contributed by atoms with van der Waals surface area (Å²) in [4.78, 5) is 0. The Morgan fingerprint density at radius 2 is 2.00 bits per heavy atom. The summed E-state index contributed by atoms with van der Waals surface area (Å²) < 4.78 is 16.7. The van der Waals surface area contributed by atoms with Crippen molar-refractivity contribution in [3.8, 4) is 0 Å². The average molecular weight is 172 g/mol. The van der Waals surface area contributed by atoms with Crippen LogP contribution in [0, 0.1) is 0 Å². The molecule has 3 nitrogen and oxygen atoms in total. The van der Waals surface area contributed by atoms with Crippen LogP contribution in [0.4, 0.5) is 0 Å². The minimum absolute atomic E-state index is 0.147. The second-order valence-corrected chi connectivity index (χ2v) is 3.48. The van der Waals surface area contributed by atoms with Crippen LogP contribution in [0.15, 0.2) is 0 Å². The number of ether oxygens (including phenoxy) is 3. The first-order valence-corrected chi connectivity index (χ1v) is 4.68. The Bertz CT molecular complexity index is 152. The van der Waals surface area contributed by atoms with Gasteiger partial charge >= 0.3 is 0 Å². The molecule has 1 unspecified atom stereocenters. The number of methoxy groups -OCH3 is 1. The van der Waals surface area contributed by atoms with E-state index in [0.29, 0.717) is 0 Å². The lowest BCUT2D eigenvalue weighted by Gasteiger charge is -2.38. The topological polar surface area (TPSA) is 27.7 Å². The van der Waals surface area contributed by atoms with Crippen molar-refractivity contribution >= 4 is 0 Å². The zero-order valence-corrected chi connectivity index (χ0v) is 7.54. The highest BCUT2D eigenvalue weighted by atomic mass is 16.8. The Kier molecular flexibility index (Phi) is 2.35. The largest absolute Gasteiger partial charge is 0.376 e. The molecule has 1 spiro atoms. The average Bonchev–Trinajstić information content (AvgIpc) is 2.55. The van der Waals surface area contributed by atoms with Crippen LogP contribution in [-0.4, -0.2) is 32.2 Å². The van der Waals surface area contributed by atoms with Crippen molar-refractivity contribution in [1.29, 1.82) is 0 Å². The standard InChI is InChI=1S/C9H16O3/c1-10-8-4-2-3-5-9(8)11-6-7-12-9/h8H,2-7H2,1H3. The third-order valence-corrected chi connectivity index (χ3v) is 2.79. The molecule has 0 aromatic heterocycles. The van der Waals surface area contributed by atoms with E-state index in [-0.39, 0.29) is 11.9 Å². The SMILES string of the molecule is COC1CCCCC12OCCO2. The second kappa shape index (κ2) is 3.32. The minimum Gasteiger partial charge on any atom is -0.376 e. The zero-order chi connectivity index (χ0) is 8.44. The molecule has 2 fully saturated rings. The summed E-state index contributed by atoms with van der Waals surface area (Å²) in [5.74, 6) is -0.382. The molecular formula is C9H16O3. The van der Waals surface area contributed by atoms with E-state index in [1.54, 1.807) is 7.11 Å². The summed E-state index contributed by atoms with van der Waals surface area (Å²) in [6.45, 7) is 1.44. The maximum atomic E-state index is 5.64. The van der Waals surface area contributed by atoms with E-state index in [4.69, 9.17) is 14.2 Å². The molecule has 1 saturated heterocycles. The summed E-state index contributed by atoms with van der Waals surface area (Å²) >= 11 is 0.